The third-order valence-electron chi connectivity index (χ3n) is 5.00. The molecule has 2 atom stereocenters. The third-order valence-corrected chi connectivity index (χ3v) is 6.17. The van der Waals surface area contributed by atoms with Crippen LogP contribution in [0.2, 0.25) is 5.02 Å². The van der Waals surface area contributed by atoms with Crippen molar-refractivity contribution in [3.05, 3.63) is 47.0 Å². The zero-order valence-electron chi connectivity index (χ0n) is 15.7. The first-order chi connectivity index (χ1) is 14.2. The lowest BCUT2D eigenvalue weighted by atomic mass is 10.1. The highest BCUT2D eigenvalue weighted by atomic mass is 35.5. The molecule has 0 bridgehead atoms. The second-order valence-electron chi connectivity index (χ2n) is 6.96. The summed E-state index contributed by atoms with van der Waals surface area (Å²) in [5.74, 6) is -3.11. The molecule has 30 heavy (non-hydrogen) atoms. The smallest absolute Gasteiger partial charge is 0.335 e. The quantitative estimate of drug-likeness (QED) is 0.388. The van der Waals surface area contributed by atoms with E-state index >= 15 is 0 Å². The number of aromatic carboxylic acids is 1. The number of carboxylic acids is 1. The highest BCUT2D eigenvalue weighted by Gasteiger charge is 2.45. The number of hydrogen-bond acceptors (Lipinski definition) is 8. The van der Waals surface area contributed by atoms with E-state index < -0.39 is 23.8 Å². The van der Waals surface area contributed by atoms with Crippen molar-refractivity contribution in [2.45, 2.75) is 18.3 Å². The number of hydrogen-bond donors (Lipinski definition) is 5. The van der Waals surface area contributed by atoms with Crippen LogP contribution in [0.1, 0.15) is 16.8 Å². The molecular weight excluding hydrogens is 430 g/mol. The van der Waals surface area contributed by atoms with Gasteiger partial charge in [-0.05, 0) is 36.4 Å². The minimum atomic E-state index is -1.45. The maximum atomic E-state index is 11.6. The van der Waals surface area contributed by atoms with Gasteiger partial charge in [-0.15, -0.1) is 0 Å². The molecule has 0 saturated carbocycles. The van der Waals surface area contributed by atoms with E-state index in [2.05, 4.69) is 15.6 Å². The number of fused-ring (bicyclic) bond motifs is 2. The molecule has 0 saturated heterocycles. The zero-order chi connectivity index (χ0) is 21.6. The van der Waals surface area contributed by atoms with Crippen LogP contribution in [-0.2, 0) is 4.79 Å². The molecule has 1 aliphatic heterocycles. The first kappa shape index (κ1) is 20.2. The van der Waals surface area contributed by atoms with Gasteiger partial charge in [-0.3, -0.25) is 4.79 Å². The Morgan fingerprint density at radius 2 is 2.13 bits per heavy atom. The van der Waals surface area contributed by atoms with E-state index in [0.29, 0.717) is 21.5 Å². The Hall–Kier alpha value is -3.08. The number of amides is 1. The van der Waals surface area contributed by atoms with Crippen LogP contribution < -0.4 is 21.3 Å². The molecule has 0 fully saturated rings. The van der Waals surface area contributed by atoms with Gasteiger partial charge >= 0.3 is 5.97 Å². The van der Waals surface area contributed by atoms with Crippen molar-refractivity contribution in [2.75, 3.05) is 22.6 Å². The topological polar surface area (TPSA) is 141 Å². The van der Waals surface area contributed by atoms with Crippen molar-refractivity contribution < 1.29 is 19.8 Å². The Kier molecular flexibility index (Phi) is 4.92. The zero-order valence-corrected chi connectivity index (χ0v) is 17.3. The monoisotopic (exact) mass is 447 g/mol. The standard InChI is InChI=1S/C19H18ClN5O4S/c1-25-13-5-2-9(17(28)29)6-12(13)23-19(25,8-14(26)16(21)27)24-18-22-11-4-3-10(20)7-15(11)30-18/h2-7,14,23,26H,8H2,1H3,(H2,21,27)(H,22,24)(H,28,29)/t14-,19?/m1/s1. The maximum Gasteiger partial charge on any atom is 0.335 e. The molecule has 4 rings (SSSR count). The summed E-state index contributed by atoms with van der Waals surface area (Å²) in [4.78, 5) is 29.3. The lowest BCUT2D eigenvalue weighted by Crippen LogP contribution is -2.58. The second-order valence-corrected chi connectivity index (χ2v) is 8.43. The number of benzene rings is 2. The summed E-state index contributed by atoms with van der Waals surface area (Å²) in [6.07, 6.45) is -1.57. The van der Waals surface area contributed by atoms with E-state index in [1.807, 2.05) is 0 Å². The molecule has 1 aliphatic rings. The third kappa shape index (κ3) is 3.49. The Labute approximate surface area is 180 Å². The van der Waals surface area contributed by atoms with Gasteiger partial charge in [-0.25, -0.2) is 9.78 Å². The van der Waals surface area contributed by atoms with Gasteiger partial charge in [-0.1, -0.05) is 22.9 Å². The molecule has 2 heterocycles. The van der Waals surface area contributed by atoms with Gasteiger partial charge < -0.3 is 31.5 Å². The molecule has 156 valence electrons. The fraction of sp³-hybridized carbons (Fsp3) is 0.211. The van der Waals surface area contributed by atoms with Crippen LogP contribution in [0.5, 0.6) is 0 Å². The molecule has 1 unspecified atom stereocenters. The fourth-order valence-corrected chi connectivity index (χ4v) is 4.65. The Balaban J connectivity index is 1.75. The number of halogens is 1. The number of primary amides is 1. The van der Waals surface area contributed by atoms with Crippen LogP contribution >= 0.6 is 22.9 Å². The van der Waals surface area contributed by atoms with Crippen LogP contribution in [-0.4, -0.2) is 46.0 Å². The van der Waals surface area contributed by atoms with E-state index in [9.17, 15) is 19.8 Å². The van der Waals surface area contributed by atoms with Crippen LogP contribution in [0.15, 0.2) is 36.4 Å². The lowest BCUT2D eigenvalue weighted by Gasteiger charge is -2.39. The number of aliphatic hydroxyl groups is 1. The van der Waals surface area contributed by atoms with Crippen molar-refractivity contribution >= 4 is 61.5 Å². The molecule has 0 radical (unpaired) electrons. The number of aliphatic hydroxyl groups excluding tert-OH is 1. The molecule has 1 aromatic heterocycles. The van der Waals surface area contributed by atoms with Crippen molar-refractivity contribution in [1.82, 2.24) is 4.98 Å². The van der Waals surface area contributed by atoms with Gasteiger partial charge in [0.05, 0.1) is 27.2 Å². The van der Waals surface area contributed by atoms with Gasteiger partial charge in [-0.2, -0.15) is 0 Å². The Morgan fingerprint density at radius 3 is 2.83 bits per heavy atom. The summed E-state index contributed by atoms with van der Waals surface area (Å²) in [6.45, 7) is 0. The number of nitrogens with two attached hydrogens (primary N) is 1. The first-order valence-electron chi connectivity index (χ1n) is 8.89. The molecule has 1 amide bonds. The predicted molar refractivity (Wildman–Crippen MR) is 116 cm³/mol. The van der Waals surface area contributed by atoms with Gasteiger partial charge in [0.15, 0.2) is 10.9 Å². The first-order valence-corrected chi connectivity index (χ1v) is 10.1. The lowest BCUT2D eigenvalue weighted by molar-refractivity contribution is -0.126. The Bertz CT molecular complexity index is 1170. The average Bonchev–Trinajstić information content (AvgIpc) is 3.19. The summed E-state index contributed by atoms with van der Waals surface area (Å²) in [7, 11) is 1.75. The summed E-state index contributed by atoms with van der Waals surface area (Å²) >= 11 is 7.42. The van der Waals surface area contributed by atoms with Crippen molar-refractivity contribution in [2.24, 2.45) is 5.73 Å². The normalized spacial score (nSPS) is 18.7. The average molecular weight is 448 g/mol. The van der Waals surface area contributed by atoms with Crippen LogP contribution in [0.4, 0.5) is 16.5 Å². The molecule has 0 spiro atoms. The number of rotatable bonds is 6. The number of anilines is 3. The number of carbonyl (C=O) groups is 2. The molecule has 2 aromatic carbocycles. The molecule has 0 aliphatic carbocycles. The number of aromatic nitrogens is 1. The minimum absolute atomic E-state index is 0.107. The molecular formula is C19H18ClN5O4S. The van der Waals surface area contributed by atoms with Gasteiger partial charge in [0, 0.05) is 18.5 Å². The minimum Gasteiger partial charge on any atom is -0.478 e. The summed E-state index contributed by atoms with van der Waals surface area (Å²) < 4.78 is 0.863. The van der Waals surface area contributed by atoms with Crippen LogP contribution in [0.3, 0.4) is 0 Å². The molecule has 11 heteroatoms. The predicted octanol–water partition coefficient (Wildman–Crippen LogP) is 2.51. The van der Waals surface area contributed by atoms with E-state index in [-0.39, 0.29) is 12.0 Å². The number of carboxylic acid groups (broad SMARTS) is 1. The maximum absolute atomic E-state index is 11.6. The van der Waals surface area contributed by atoms with Crippen molar-refractivity contribution in [3.8, 4) is 0 Å². The van der Waals surface area contributed by atoms with E-state index in [1.54, 1.807) is 36.2 Å². The summed E-state index contributed by atoms with van der Waals surface area (Å²) in [5.41, 5.74) is 7.36. The summed E-state index contributed by atoms with van der Waals surface area (Å²) in [5, 5.41) is 27.1. The number of nitrogens with one attached hydrogen (secondary N) is 2. The summed E-state index contributed by atoms with van der Waals surface area (Å²) in [6, 6.07) is 9.97. The highest BCUT2D eigenvalue weighted by molar-refractivity contribution is 7.22. The fourth-order valence-electron chi connectivity index (χ4n) is 3.44. The largest absolute Gasteiger partial charge is 0.478 e. The van der Waals surface area contributed by atoms with E-state index in [4.69, 9.17) is 17.3 Å². The SMILES string of the molecule is CN1c2ccc(C(=O)O)cc2NC1(C[C@@H](O)C(N)=O)Nc1nc2ccc(Cl)cc2s1. The van der Waals surface area contributed by atoms with Gasteiger partial charge in [0.2, 0.25) is 5.91 Å². The van der Waals surface area contributed by atoms with Crippen molar-refractivity contribution in [3.63, 3.8) is 0 Å². The number of carbonyl (C=O) groups excluding carboxylic acids is 1. The van der Waals surface area contributed by atoms with Crippen LogP contribution in [0, 0.1) is 0 Å². The second kappa shape index (κ2) is 7.31. The van der Waals surface area contributed by atoms with Gasteiger partial charge in [0.1, 0.15) is 6.10 Å². The molecule has 3 aromatic rings. The Morgan fingerprint density at radius 1 is 1.37 bits per heavy atom. The molecule has 6 N–H and O–H groups in total. The van der Waals surface area contributed by atoms with E-state index in [0.717, 1.165) is 10.2 Å². The van der Waals surface area contributed by atoms with Crippen molar-refractivity contribution in [1.29, 1.82) is 0 Å². The molecule has 9 nitrogen and oxygen atoms in total. The number of thiazole rings is 1. The van der Waals surface area contributed by atoms with Crippen LogP contribution in [0.25, 0.3) is 10.2 Å². The number of nitrogens with zero attached hydrogens (tertiary/aromatic N) is 2. The van der Waals surface area contributed by atoms with E-state index in [1.165, 1.54) is 23.5 Å². The van der Waals surface area contributed by atoms with Gasteiger partial charge in [0.25, 0.3) is 0 Å². The highest BCUT2D eigenvalue weighted by Crippen LogP contribution is 2.43.